The molecule has 0 saturated carbocycles. The molecule has 1 aliphatic heterocycles. The van der Waals surface area contributed by atoms with E-state index in [1.165, 1.54) is 0 Å². The van der Waals surface area contributed by atoms with Gasteiger partial charge in [-0.25, -0.2) is 4.79 Å². The predicted molar refractivity (Wildman–Crippen MR) is 129 cm³/mol. The maximum absolute atomic E-state index is 13.4. The van der Waals surface area contributed by atoms with Gasteiger partial charge in [0.15, 0.2) is 0 Å². The smallest absolute Gasteiger partial charge is 0.329 e. The second-order valence-electron chi connectivity index (χ2n) is 8.73. The van der Waals surface area contributed by atoms with Gasteiger partial charge in [0.05, 0.1) is 34.9 Å². The summed E-state index contributed by atoms with van der Waals surface area (Å²) in [4.78, 5) is 30.3. The van der Waals surface area contributed by atoms with E-state index in [4.69, 9.17) is 5.73 Å². The second kappa shape index (κ2) is 9.12. The van der Waals surface area contributed by atoms with Crippen molar-refractivity contribution in [1.29, 1.82) is 5.26 Å². The summed E-state index contributed by atoms with van der Waals surface area (Å²) in [5.41, 5.74) is 10.3. The number of fused-ring (bicyclic) bond motifs is 1. The molecule has 1 aromatic heterocycles. The number of benzene rings is 2. The third-order valence-corrected chi connectivity index (χ3v) is 6.55. The molecule has 33 heavy (non-hydrogen) atoms. The molecular weight excluding hydrogens is 416 g/mol. The Labute approximate surface area is 193 Å². The van der Waals surface area contributed by atoms with E-state index in [1.807, 2.05) is 31.2 Å². The lowest BCUT2D eigenvalue weighted by Gasteiger charge is -2.33. The van der Waals surface area contributed by atoms with Crippen LogP contribution in [-0.2, 0) is 13.6 Å². The van der Waals surface area contributed by atoms with Crippen LogP contribution in [0.4, 0.5) is 5.69 Å². The Kier molecular flexibility index (Phi) is 6.25. The van der Waals surface area contributed by atoms with Gasteiger partial charge < -0.3 is 15.5 Å². The first-order valence-corrected chi connectivity index (χ1v) is 11.3. The Bertz CT molecular complexity index is 1300. The van der Waals surface area contributed by atoms with Crippen LogP contribution in [0.25, 0.3) is 11.0 Å². The highest BCUT2D eigenvalue weighted by atomic mass is 16.2. The number of nitrogens with two attached hydrogens (primary N) is 1. The molecular formula is C25H30N6O2. The summed E-state index contributed by atoms with van der Waals surface area (Å²) in [5, 5.41) is 9.54. The van der Waals surface area contributed by atoms with E-state index >= 15 is 0 Å². The number of imidazole rings is 1. The lowest BCUT2D eigenvalue weighted by atomic mass is 10.0. The van der Waals surface area contributed by atoms with Gasteiger partial charge in [-0.3, -0.25) is 13.9 Å². The fraction of sp³-hybridized carbons (Fsp3) is 0.400. The average molecular weight is 447 g/mol. The Morgan fingerprint density at radius 1 is 1.30 bits per heavy atom. The molecule has 3 aromatic rings. The summed E-state index contributed by atoms with van der Waals surface area (Å²) in [6.45, 7) is 4.26. The van der Waals surface area contributed by atoms with Gasteiger partial charge in [-0.05, 0) is 43.5 Å². The van der Waals surface area contributed by atoms with Gasteiger partial charge in [-0.15, -0.1) is 0 Å². The summed E-state index contributed by atoms with van der Waals surface area (Å²) in [6.07, 6.45) is 1.90. The molecule has 1 amide bonds. The molecule has 1 atom stereocenters. The van der Waals surface area contributed by atoms with Crippen LogP contribution in [0, 0.1) is 11.3 Å². The zero-order valence-corrected chi connectivity index (χ0v) is 19.4. The number of nitrogens with zero attached hydrogens (tertiary/aromatic N) is 5. The van der Waals surface area contributed by atoms with Gasteiger partial charge in [0.25, 0.3) is 5.91 Å². The van der Waals surface area contributed by atoms with Crippen molar-refractivity contribution in [2.24, 2.45) is 12.8 Å². The number of carbonyl (C=O) groups excluding carboxylic acids is 1. The van der Waals surface area contributed by atoms with Crippen molar-refractivity contribution in [2.45, 2.75) is 32.4 Å². The highest BCUT2D eigenvalue weighted by Gasteiger charge is 2.25. The van der Waals surface area contributed by atoms with Gasteiger partial charge in [0, 0.05) is 45.3 Å². The lowest BCUT2D eigenvalue weighted by molar-refractivity contribution is 0.0802. The Hall–Kier alpha value is -3.57. The lowest BCUT2D eigenvalue weighted by Crippen LogP contribution is -2.43. The molecule has 172 valence electrons. The highest BCUT2D eigenvalue weighted by Crippen LogP contribution is 2.31. The molecule has 1 fully saturated rings. The number of rotatable bonds is 5. The number of amides is 1. The molecule has 8 heteroatoms. The number of carbonyl (C=O) groups is 1. The number of aromatic nitrogens is 2. The largest absolute Gasteiger partial charge is 0.368 e. The second-order valence-corrected chi connectivity index (χ2v) is 8.73. The van der Waals surface area contributed by atoms with E-state index in [0.29, 0.717) is 29.7 Å². The van der Waals surface area contributed by atoms with E-state index < -0.39 is 0 Å². The minimum Gasteiger partial charge on any atom is -0.368 e. The van der Waals surface area contributed by atoms with Crippen molar-refractivity contribution < 1.29 is 4.79 Å². The van der Waals surface area contributed by atoms with E-state index in [2.05, 4.69) is 11.0 Å². The molecule has 0 radical (unpaired) electrons. The van der Waals surface area contributed by atoms with E-state index in [1.54, 1.807) is 40.3 Å². The first kappa shape index (κ1) is 22.6. The number of aryl methyl sites for hydroxylation is 1. The first-order valence-electron chi connectivity index (χ1n) is 11.3. The number of hydrogen-bond acceptors (Lipinski definition) is 5. The minimum absolute atomic E-state index is 0.0367. The molecule has 2 aromatic carbocycles. The van der Waals surface area contributed by atoms with Crippen molar-refractivity contribution in [2.75, 3.05) is 31.6 Å². The number of piperidine rings is 1. The standard InChI is InChI=1S/C25H30N6O2/c1-4-28(2)24(32)19-12-21-23(22(13-19)30-11-7-10-20(27)16-30)31(25(33)29(21)3)15-18-9-6-5-8-17(18)14-26/h5-6,8-9,12-13,20H,4,7,10-11,15-16,27H2,1-3H3/t20-/m1/s1. The molecule has 0 unspecified atom stereocenters. The van der Waals surface area contributed by atoms with E-state index in [0.717, 1.165) is 36.2 Å². The SMILES string of the molecule is CCN(C)C(=O)c1cc(N2CCC[C@@H](N)C2)c2c(c1)n(C)c(=O)n2Cc1ccccc1C#N. The molecule has 8 nitrogen and oxygen atoms in total. The molecule has 0 bridgehead atoms. The van der Waals surface area contributed by atoms with Crippen LogP contribution in [0.2, 0.25) is 0 Å². The average Bonchev–Trinajstić information content (AvgIpc) is 3.07. The molecule has 2 heterocycles. The predicted octanol–water partition coefficient (Wildman–Crippen LogP) is 2.28. The quantitative estimate of drug-likeness (QED) is 0.648. The fourth-order valence-electron chi connectivity index (χ4n) is 4.56. The Balaban J connectivity index is 1.96. The van der Waals surface area contributed by atoms with Crippen LogP contribution >= 0.6 is 0 Å². The summed E-state index contributed by atoms with van der Waals surface area (Å²) >= 11 is 0. The van der Waals surface area contributed by atoms with Gasteiger partial charge >= 0.3 is 5.69 Å². The monoisotopic (exact) mass is 446 g/mol. The molecule has 0 aliphatic carbocycles. The molecule has 4 rings (SSSR count). The molecule has 2 N–H and O–H groups in total. The highest BCUT2D eigenvalue weighted by molar-refractivity contribution is 6.02. The fourth-order valence-corrected chi connectivity index (χ4v) is 4.56. The van der Waals surface area contributed by atoms with E-state index in [-0.39, 0.29) is 24.2 Å². The maximum Gasteiger partial charge on any atom is 0.329 e. The van der Waals surface area contributed by atoms with Crippen molar-refractivity contribution in [3.05, 3.63) is 63.6 Å². The van der Waals surface area contributed by atoms with Gasteiger partial charge in [-0.2, -0.15) is 5.26 Å². The number of nitriles is 1. The third-order valence-electron chi connectivity index (χ3n) is 6.55. The molecule has 0 spiro atoms. The molecule has 1 saturated heterocycles. The van der Waals surface area contributed by atoms with Gasteiger partial charge in [-0.1, -0.05) is 18.2 Å². The summed E-state index contributed by atoms with van der Waals surface area (Å²) in [7, 11) is 3.49. The first-order chi connectivity index (χ1) is 15.8. The van der Waals surface area contributed by atoms with Crippen LogP contribution in [-0.4, -0.2) is 52.7 Å². The van der Waals surface area contributed by atoms with Crippen LogP contribution < -0.4 is 16.3 Å². The normalized spacial score (nSPS) is 16.1. The van der Waals surface area contributed by atoms with Crippen molar-refractivity contribution in [1.82, 2.24) is 14.0 Å². The van der Waals surface area contributed by atoms with Gasteiger partial charge in [0.2, 0.25) is 0 Å². The van der Waals surface area contributed by atoms with Crippen LogP contribution in [0.5, 0.6) is 0 Å². The van der Waals surface area contributed by atoms with Crippen molar-refractivity contribution >= 4 is 22.6 Å². The number of anilines is 1. The Morgan fingerprint density at radius 2 is 2.06 bits per heavy atom. The summed E-state index contributed by atoms with van der Waals surface area (Å²) in [5.74, 6) is -0.0861. The topological polar surface area (TPSA) is 100 Å². The maximum atomic E-state index is 13.4. The van der Waals surface area contributed by atoms with Crippen molar-refractivity contribution in [3.63, 3.8) is 0 Å². The van der Waals surface area contributed by atoms with E-state index in [9.17, 15) is 14.9 Å². The number of hydrogen-bond donors (Lipinski definition) is 1. The van der Waals surface area contributed by atoms with Crippen LogP contribution in [0.15, 0.2) is 41.2 Å². The Morgan fingerprint density at radius 3 is 2.76 bits per heavy atom. The summed E-state index contributed by atoms with van der Waals surface area (Å²) in [6, 6.07) is 13.3. The zero-order valence-electron chi connectivity index (χ0n) is 19.4. The van der Waals surface area contributed by atoms with Crippen LogP contribution in [0.1, 0.15) is 41.3 Å². The zero-order chi connectivity index (χ0) is 23.7. The van der Waals surface area contributed by atoms with Gasteiger partial charge in [0.1, 0.15) is 0 Å². The third kappa shape index (κ3) is 4.12. The molecule has 1 aliphatic rings. The minimum atomic E-state index is -0.186. The summed E-state index contributed by atoms with van der Waals surface area (Å²) < 4.78 is 3.29. The van der Waals surface area contributed by atoms with Crippen molar-refractivity contribution in [3.8, 4) is 6.07 Å². The van der Waals surface area contributed by atoms with Crippen LogP contribution in [0.3, 0.4) is 0 Å².